The number of carbonyl (C=O) groups is 2. The maximum absolute atomic E-state index is 12.7. The number of aromatic nitrogens is 3. The van der Waals surface area contributed by atoms with E-state index >= 15 is 0 Å². The molecular weight excluding hydrogens is 294 g/mol. The summed E-state index contributed by atoms with van der Waals surface area (Å²) in [6.07, 6.45) is 5.44. The molecule has 1 fully saturated rings. The molecule has 2 aromatic rings. The second kappa shape index (κ2) is 5.91. The molecule has 0 unspecified atom stereocenters. The molecule has 7 heteroatoms. The van der Waals surface area contributed by atoms with Gasteiger partial charge in [0.05, 0.1) is 17.7 Å². The standard InChI is InChI=1S/C16H21N5O2/c1-10-12(4-5-18-10)16(23)21-8-13(11-6-19-20(3)7-11)14(9-21)15(22)17-2/h4-7,13-14,18H,8-9H2,1-3H3,(H,17,22)/t13-,14+/m1/s1. The van der Waals surface area contributed by atoms with Gasteiger partial charge in [-0.1, -0.05) is 0 Å². The fourth-order valence-corrected chi connectivity index (χ4v) is 3.24. The van der Waals surface area contributed by atoms with Crippen molar-refractivity contribution in [2.75, 3.05) is 20.1 Å². The van der Waals surface area contributed by atoms with Gasteiger partial charge in [0.25, 0.3) is 5.91 Å². The van der Waals surface area contributed by atoms with Crippen LogP contribution in [0.3, 0.4) is 0 Å². The fraction of sp³-hybridized carbons (Fsp3) is 0.438. The van der Waals surface area contributed by atoms with Crippen LogP contribution in [0, 0.1) is 12.8 Å². The predicted molar refractivity (Wildman–Crippen MR) is 84.9 cm³/mol. The average molecular weight is 315 g/mol. The molecule has 2 N–H and O–H groups in total. The minimum absolute atomic E-state index is 0.0353. The van der Waals surface area contributed by atoms with Crippen LogP contribution in [0.4, 0.5) is 0 Å². The quantitative estimate of drug-likeness (QED) is 0.873. The molecule has 0 radical (unpaired) electrons. The zero-order chi connectivity index (χ0) is 16.6. The molecule has 2 amide bonds. The molecule has 23 heavy (non-hydrogen) atoms. The molecule has 3 heterocycles. The summed E-state index contributed by atoms with van der Waals surface area (Å²) < 4.78 is 1.72. The lowest BCUT2D eigenvalue weighted by Crippen LogP contribution is -2.33. The van der Waals surface area contributed by atoms with E-state index in [2.05, 4.69) is 15.4 Å². The second-order valence-corrected chi connectivity index (χ2v) is 6.00. The summed E-state index contributed by atoms with van der Waals surface area (Å²) in [5, 5.41) is 6.90. The van der Waals surface area contributed by atoms with Crippen LogP contribution in [-0.2, 0) is 11.8 Å². The number of nitrogens with zero attached hydrogens (tertiary/aromatic N) is 3. The predicted octanol–water partition coefficient (Wildman–Crippen LogP) is 0.658. The van der Waals surface area contributed by atoms with Crippen LogP contribution in [0.1, 0.15) is 27.5 Å². The summed E-state index contributed by atoms with van der Waals surface area (Å²) in [5.41, 5.74) is 2.49. The fourth-order valence-electron chi connectivity index (χ4n) is 3.24. The Hall–Kier alpha value is -2.57. The summed E-state index contributed by atoms with van der Waals surface area (Å²) in [7, 11) is 3.48. The van der Waals surface area contributed by atoms with Gasteiger partial charge in [0.15, 0.2) is 0 Å². The van der Waals surface area contributed by atoms with Crippen molar-refractivity contribution in [2.45, 2.75) is 12.8 Å². The Morgan fingerprint density at radius 1 is 1.39 bits per heavy atom. The summed E-state index contributed by atoms with van der Waals surface area (Å²) in [6, 6.07) is 1.78. The van der Waals surface area contributed by atoms with Crippen molar-refractivity contribution in [1.29, 1.82) is 0 Å². The van der Waals surface area contributed by atoms with Gasteiger partial charge in [0.2, 0.25) is 5.91 Å². The molecule has 0 bridgehead atoms. The first-order valence-corrected chi connectivity index (χ1v) is 7.64. The van der Waals surface area contributed by atoms with Crippen molar-refractivity contribution in [1.82, 2.24) is 25.0 Å². The topological polar surface area (TPSA) is 83.0 Å². The van der Waals surface area contributed by atoms with Gasteiger partial charge in [-0.2, -0.15) is 5.10 Å². The number of rotatable bonds is 3. The molecule has 1 saturated heterocycles. The number of nitrogens with one attached hydrogen (secondary N) is 2. The van der Waals surface area contributed by atoms with E-state index in [1.807, 2.05) is 20.2 Å². The van der Waals surface area contributed by atoms with E-state index < -0.39 is 0 Å². The molecule has 0 spiro atoms. The molecule has 0 saturated carbocycles. The third-order valence-corrected chi connectivity index (χ3v) is 4.53. The first-order valence-electron chi connectivity index (χ1n) is 7.64. The number of aromatic amines is 1. The first-order chi connectivity index (χ1) is 11.0. The van der Waals surface area contributed by atoms with Gasteiger partial charge in [0.1, 0.15) is 0 Å². The number of likely N-dealkylation sites (tertiary alicyclic amines) is 1. The van der Waals surface area contributed by atoms with Crippen LogP contribution in [0.5, 0.6) is 0 Å². The number of carbonyl (C=O) groups excluding carboxylic acids is 2. The number of H-pyrrole nitrogens is 1. The monoisotopic (exact) mass is 315 g/mol. The second-order valence-electron chi connectivity index (χ2n) is 6.00. The van der Waals surface area contributed by atoms with E-state index in [4.69, 9.17) is 0 Å². The highest BCUT2D eigenvalue weighted by atomic mass is 16.2. The highest BCUT2D eigenvalue weighted by molar-refractivity contribution is 5.96. The molecule has 3 rings (SSSR count). The Morgan fingerprint density at radius 2 is 2.17 bits per heavy atom. The van der Waals surface area contributed by atoms with E-state index in [1.54, 1.807) is 35.1 Å². The molecule has 2 aromatic heterocycles. The Kier molecular flexibility index (Phi) is 3.94. The normalized spacial score (nSPS) is 20.7. The number of aryl methyl sites for hydroxylation is 2. The van der Waals surface area contributed by atoms with Crippen LogP contribution in [-0.4, -0.2) is 51.6 Å². The van der Waals surface area contributed by atoms with Crippen LogP contribution in [0.15, 0.2) is 24.7 Å². The lowest BCUT2D eigenvalue weighted by molar-refractivity contribution is -0.124. The summed E-state index contributed by atoms with van der Waals surface area (Å²) in [5.74, 6) is -0.372. The van der Waals surface area contributed by atoms with Crippen molar-refractivity contribution in [3.8, 4) is 0 Å². The third kappa shape index (κ3) is 2.74. The van der Waals surface area contributed by atoms with E-state index in [0.717, 1.165) is 11.3 Å². The minimum Gasteiger partial charge on any atom is -0.365 e. The molecular formula is C16H21N5O2. The van der Waals surface area contributed by atoms with Crippen molar-refractivity contribution >= 4 is 11.8 Å². The molecule has 122 valence electrons. The van der Waals surface area contributed by atoms with E-state index in [9.17, 15) is 9.59 Å². The van der Waals surface area contributed by atoms with Crippen molar-refractivity contribution in [3.05, 3.63) is 41.5 Å². The van der Waals surface area contributed by atoms with E-state index in [-0.39, 0.29) is 23.7 Å². The number of hydrogen-bond donors (Lipinski definition) is 2. The van der Waals surface area contributed by atoms with Crippen molar-refractivity contribution < 1.29 is 9.59 Å². The zero-order valence-electron chi connectivity index (χ0n) is 13.5. The van der Waals surface area contributed by atoms with Gasteiger partial charge in [0, 0.05) is 51.2 Å². The minimum atomic E-state index is -0.257. The van der Waals surface area contributed by atoms with Crippen molar-refractivity contribution in [3.63, 3.8) is 0 Å². The van der Waals surface area contributed by atoms with Gasteiger partial charge in [-0.15, -0.1) is 0 Å². The SMILES string of the molecule is CNC(=O)[C@H]1CN(C(=O)c2cc[nH]c2C)C[C@@H]1c1cnn(C)c1. The summed E-state index contributed by atoms with van der Waals surface area (Å²) in [6.45, 7) is 2.81. The zero-order valence-corrected chi connectivity index (χ0v) is 13.5. The van der Waals surface area contributed by atoms with Gasteiger partial charge in [-0.05, 0) is 18.6 Å². The average Bonchev–Trinajstić information content (AvgIpc) is 3.24. The number of hydrogen-bond acceptors (Lipinski definition) is 3. The van der Waals surface area contributed by atoms with Crippen LogP contribution < -0.4 is 5.32 Å². The van der Waals surface area contributed by atoms with Gasteiger partial charge < -0.3 is 15.2 Å². The molecule has 1 aliphatic rings. The van der Waals surface area contributed by atoms with Gasteiger partial charge >= 0.3 is 0 Å². The van der Waals surface area contributed by atoms with E-state index in [0.29, 0.717) is 18.7 Å². The lowest BCUT2D eigenvalue weighted by atomic mass is 9.90. The Bertz CT molecular complexity index is 732. The largest absolute Gasteiger partial charge is 0.365 e. The number of amides is 2. The summed E-state index contributed by atoms with van der Waals surface area (Å²) >= 11 is 0. The molecule has 1 aliphatic heterocycles. The Balaban J connectivity index is 1.87. The Morgan fingerprint density at radius 3 is 2.74 bits per heavy atom. The van der Waals surface area contributed by atoms with E-state index in [1.165, 1.54) is 0 Å². The highest BCUT2D eigenvalue weighted by Crippen LogP contribution is 2.33. The highest BCUT2D eigenvalue weighted by Gasteiger charge is 2.41. The molecule has 0 aromatic carbocycles. The molecule has 0 aliphatic carbocycles. The van der Waals surface area contributed by atoms with Crippen molar-refractivity contribution in [2.24, 2.45) is 13.0 Å². The maximum atomic E-state index is 12.7. The van der Waals surface area contributed by atoms with Crippen LogP contribution >= 0.6 is 0 Å². The first kappa shape index (κ1) is 15.3. The third-order valence-electron chi connectivity index (χ3n) is 4.53. The lowest BCUT2D eigenvalue weighted by Gasteiger charge is -2.15. The smallest absolute Gasteiger partial charge is 0.255 e. The van der Waals surface area contributed by atoms with Gasteiger partial charge in [-0.25, -0.2) is 0 Å². The molecule has 2 atom stereocenters. The van der Waals surface area contributed by atoms with Crippen LogP contribution in [0.25, 0.3) is 0 Å². The maximum Gasteiger partial charge on any atom is 0.255 e. The van der Waals surface area contributed by atoms with Gasteiger partial charge in [-0.3, -0.25) is 14.3 Å². The summed E-state index contributed by atoms with van der Waals surface area (Å²) in [4.78, 5) is 29.7. The molecule has 7 nitrogen and oxygen atoms in total. The van der Waals surface area contributed by atoms with Crippen LogP contribution in [0.2, 0.25) is 0 Å². The Labute approximate surface area is 134 Å².